The number of hydrogen-bond donors (Lipinski definition) is 1. The fourth-order valence-electron chi connectivity index (χ4n) is 4.88. The Morgan fingerprint density at radius 1 is 1.22 bits per heavy atom. The lowest BCUT2D eigenvalue weighted by atomic mass is 9.95. The van der Waals surface area contributed by atoms with Crippen LogP contribution < -0.4 is 4.74 Å². The molecule has 1 atom stereocenters. The van der Waals surface area contributed by atoms with E-state index in [1.54, 1.807) is 0 Å². The highest BCUT2D eigenvalue weighted by molar-refractivity contribution is 5.80. The molecule has 2 aromatic heterocycles. The van der Waals surface area contributed by atoms with E-state index in [0.717, 1.165) is 34.4 Å². The van der Waals surface area contributed by atoms with Gasteiger partial charge in [0, 0.05) is 43.6 Å². The van der Waals surface area contributed by atoms with Gasteiger partial charge in [0.25, 0.3) is 5.92 Å². The molecule has 0 spiro atoms. The van der Waals surface area contributed by atoms with Gasteiger partial charge in [-0.1, -0.05) is 38.1 Å². The topological polar surface area (TPSA) is 67.6 Å². The molecule has 0 amide bonds. The smallest absolute Gasteiger partial charge is 0.304 e. The van der Waals surface area contributed by atoms with Crippen molar-refractivity contribution < 1.29 is 23.4 Å². The predicted octanol–water partition coefficient (Wildman–Crippen LogP) is 6.25. The molecule has 6 nitrogen and oxygen atoms in total. The second kappa shape index (κ2) is 11.4. The quantitative estimate of drug-likeness (QED) is 0.308. The van der Waals surface area contributed by atoms with Crippen LogP contribution in [0.15, 0.2) is 54.7 Å². The first-order valence-corrected chi connectivity index (χ1v) is 12.8. The maximum Gasteiger partial charge on any atom is 0.304 e. The Labute approximate surface area is 216 Å². The van der Waals surface area contributed by atoms with Gasteiger partial charge in [0.05, 0.1) is 18.7 Å². The lowest BCUT2D eigenvalue weighted by Gasteiger charge is -2.14. The van der Waals surface area contributed by atoms with Crippen LogP contribution in [0.25, 0.3) is 11.0 Å². The number of benzene rings is 1. The third-order valence-corrected chi connectivity index (χ3v) is 6.58. The van der Waals surface area contributed by atoms with Crippen molar-refractivity contribution in [1.29, 1.82) is 0 Å². The molecule has 1 fully saturated rings. The summed E-state index contributed by atoms with van der Waals surface area (Å²) in [5, 5.41) is 10.2. The highest BCUT2D eigenvalue weighted by Gasteiger charge is 2.38. The average Bonchev–Trinajstić information content (AvgIpc) is 3.35. The molecule has 37 heavy (non-hydrogen) atoms. The first kappa shape index (κ1) is 26.8. The third-order valence-electron chi connectivity index (χ3n) is 6.58. The van der Waals surface area contributed by atoms with Crippen molar-refractivity contribution in [1.82, 2.24) is 14.5 Å². The van der Waals surface area contributed by atoms with Gasteiger partial charge in [-0.25, -0.2) is 13.8 Å². The molecule has 1 aliphatic heterocycles. The van der Waals surface area contributed by atoms with Crippen molar-refractivity contribution in [3.8, 4) is 5.75 Å². The van der Waals surface area contributed by atoms with Crippen LogP contribution in [0.4, 0.5) is 8.78 Å². The van der Waals surface area contributed by atoms with E-state index < -0.39 is 11.9 Å². The molecular formula is C29H35F2N3O3. The number of nitrogens with zero attached hydrogens (tertiary/aromatic N) is 3. The van der Waals surface area contributed by atoms with Gasteiger partial charge in [-0.2, -0.15) is 0 Å². The Balaban J connectivity index is 1.49. The second-order valence-electron chi connectivity index (χ2n) is 10.3. The monoisotopic (exact) mass is 511 g/mol. The number of alkyl halides is 2. The highest BCUT2D eigenvalue weighted by Crippen LogP contribution is 2.30. The lowest BCUT2D eigenvalue weighted by molar-refractivity contribution is -0.137. The molecule has 3 aromatic rings. The largest absolute Gasteiger partial charge is 0.487 e. The summed E-state index contributed by atoms with van der Waals surface area (Å²) < 4.78 is 35.5. The minimum atomic E-state index is -2.61. The van der Waals surface area contributed by atoms with Crippen molar-refractivity contribution in [3.63, 3.8) is 0 Å². The summed E-state index contributed by atoms with van der Waals surface area (Å²) >= 11 is 0. The Hall–Kier alpha value is -3.26. The summed E-state index contributed by atoms with van der Waals surface area (Å²) in [7, 11) is 0. The maximum atomic E-state index is 13.7. The molecule has 4 rings (SSSR count). The summed E-state index contributed by atoms with van der Waals surface area (Å²) in [6, 6.07) is 11.4. The maximum absolute atomic E-state index is 13.7. The fraction of sp³-hybridized carbons (Fsp3) is 0.448. The number of halogens is 2. The van der Waals surface area contributed by atoms with E-state index in [0.29, 0.717) is 24.8 Å². The van der Waals surface area contributed by atoms with Crippen LogP contribution >= 0.6 is 0 Å². The van der Waals surface area contributed by atoms with Crippen molar-refractivity contribution in [2.75, 3.05) is 13.1 Å². The van der Waals surface area contributed by atoms with Gasteiger partial charge in [0.15, 0.2) is 0 Å². The molecule has 1 aliphatic rings. The van der Waals surface area contributed by atoms with Crippen LogP contribution in [0.5, 0.6) is 5.75 Å². The number of aromatic nitrogens is 2. The molecule has 1 saturated heterocycles. The summed E-state index contributed by atoms with van der Waals surface area (Å²) in [6.07, 6.45) is 5.75. The van der Waals surface area contributed by atoms with Crippen LogP contribution in [0.2, 0.25) is 0 Å². The summed E-state index contributed by atoms with van der Waals surface area (Å²) in [4.78, 5) is 17.9. The van der Waals surface area contributed by atoms with Gasteiger partial charge in [-0.15, -0.1) is 0 Å². The van der Waals surface area contributed by atoms with Crippen molar-refractivity contribution in [2.24, 2.45) is 5.92 Å². The molecule has 0 aliphatic carbocycles. The molecular weight excluding hydrogens is 476 g/mol. The fourth-order valence-corrected chi connectivity index (χ4v) is 4.88. The first-order chi connectivity index (χ1) is 17.6. The highest BCUT2D eigenvalue weighted by atomic mass is 19.3. The Kier molecular flexibility index (Phi) is 8.27. The molecule has 3 heterocycles. The molecule has 0 bridgehead atoms. The summed E-state index contributed by atoms with van der Waals surface area (Å²) in [5.41, 5.74) is 3.55. The van der Waals surface area contributed by atoms with Crippen LogP contribution in [0.3, 0.4) is 0 Å². The van der Waals surface area contributed by atoms with E-state index in [-0.39, 0.29) is 31.9 Å². The van der Waals surface area contributed by atoms with Crippen LogP contribution in [0.1, 0.15) is 56.4 Å². The van der Waals surface area contributed by atoms with E-state index in [9.17, 15) is 18.7 Å². The van der Waals surface area contributed by atoms with Crippen LogP contribution in [0, 0.1) is 5.92 Å². The zero-order valence-electron chi connectivity index (χ0n) is 21.7. The number of pyridine rings is 1. The van der Waals surface area contributed by atoms with E-state index in [1.807, 2.05) is 60.4 Å². The van der Waals surface area contributed by atoms with Crippen molar-refractivity contribution in [2.45, 2.75) is 65.1 Å². The van der Waals surface area contributed by atoms with Gasteiger partial charge in [-0.05, 0) is 48.2 Å². The van der Waals surface area contributed by atoms with Crippen molar-refractivity contribution in [3.05, 3.63) is 71.6 Å². The molecule has 1 N–H and O–H groups in total. The Morgan fingerprint density at radius 3 is 2.59 bits per heavy atom. The lowest BCUT2D eigenvalue weighted by Crippen LogP contribution is -2.24. The zero-order valence-corrected chi connectivity index (χ0v) is 21.7. The average molecular weight is 512 g/mol. The number of fused-ring (bicyclic) bond motifs is 1. The predicted molar refractivity (Wildman–Crippen MR) is 140 cm³/mol. The summed E-state index contributed by atoms with van der Waals surface area (Å²) in [5.74, 6) is -2.55. The van der Waals surface area contributed by atoms with Crippen LogP contribution in [-0.4, -0.2) is 44.5 Å². The first-order valence-electron chi connectivity index (χ1n) is 12.8. The number of carboxylic acid groups (broad SMARTS) is 1. The van der Waals surface area contributed by atoms with Gasteiger partial charge >= 0.3 is 5.97 Å². The van der Waals surface area contributed by atoms with Gasteiger partial charge in [0.1, 0.15) is 18.0 Å². The molecule has 198 valence electrons. The van der Waals surface area contributed by atoms with Gasteiger partial charge in [0.2, 0.25) is 0 Å². The van der Waals surface area contributed by atoms with E-state index in [2.05, 4.69) is 24.6 Å². The van der Waals surface area contributed by atoms with Crippen LogP contribution in [-0.2, 0) is 24.5 Å². The number of likely N-dealkylation sites (tertiary alicyclic amines) is 1. The molecule has 0 unspecified atom stereocenters. The Morgan fingerprint density at radius 2 is 1.97 bits per heavy atom. The number of carbonyl (C=O) groups is 1. The van der Waals surface area contributed by atoms with Crippen molar-refractivity contribution >= 4 is 17.0 Å². The Bertz CT molecular complexity index is 1250. The number of aliphatic carboxylic acids is 1. The number of hydrogen-bond acceptors (Lipinski definition) is 4. The summed E-state index contributed by atoms with van der Waals surface area (Å²) in [6.45, 7) is 7.90. The molecule has 0 radical (unpaired) electrons. The number of allylic oxidation sites excluding steroid dienone is 2. The number of carboxylic acids is 1. The van der Waals surface area contributed by atoms with E-state index >= 15 is 0 Å². The normalized spacial score (nSPS) is 16.7. The minimum Gasteiger partial charge on any atom is -0.487 e. The van der Waals surface area contributed by atoms with E-state index in [4.69, 9.17) is 9.72 Å². The second-order valence-corrected chi connectivity index (χ2v) is 10.3. The standard InChI is InChI=1S/C29H35F2N3O3/c1-4-5-22(14-27(35)36)21-6-9-25(10-7-21)37-18-24-8-11-26-23(16-33-13-12-29(30,31)19-33)17-34(15-20(2)3)28(26)32-24/h4-11,17,20,22H,12-16,18-19H2,1-3H3,(H,35,36)/t22-/m1/s1. The molecule has 8 heteroatoms. The number of ether oxygens (including phenoxy) is 1. The molecule has 1 aromatic carbocycles. The van der Waals surface area contributed by atoms with E-state index in [1.165, 1.54) is 0 Å². The minimum absolute atomic E-state index is 0.0344. The SMILES string of the molecule is CC=C[C@H](CC(=O)O)c1ccc(OCc2ccc3c(CN4CCC(F)(F)C4)cn(CC(C)C)c3n2)cc1. The number of rotatable bonds is 11. The van der Waals surface area contributed by atoms with Gasteiger partial charge < -0.3 is 14.4 Å². The molecule has 0 saturated carbocycles. The third kappa shape index (κ3) is 6.95. The zero-order chi connectivity index (χ0) is 26.6. The van der Waals surface area contributed by atoms with Gasteiger partial charge in [-0.3, -0.25) is 9.69 Å².